The molecule has 0 atom stereocenters. The molecule has 2 N–H and O–H groups in total. The summed E-state index contributed by atoms with van der Waals surface area (Å²) in [5.41, 5.74) is 1.85. The van der Waals surface area contributed by atoms with Crippen molar-refractivity contribution in [2.24, 2.45) is 0 Å². The van der Waals surface area contributed by atoms with E-state index >= 15 is 0 Å². The highest BCUT2D eigenvalue weighted by molar-refractivity contribution is 5.53. The second-order valence-electron chi connectivity index (χ2n) is 3.95. The lowest BCUT2D eigenvalue weighted by atomic mass is 10.2. The monoisotopic (exact) mass is 237 g/mol. The van der Waals surface area contributed by atoms with E-state index in [1.807, 2.05) is 13.0 Å². The number of hydrogen-bond donors (Lipinski definition) is 2. The van der Waals surface area contributed by atoms with Gasteiger partial charge in [0.25, 0.3) is 5.69 Å². The van der Waals surface area contributed by atoms with Gasteiger partial charge in [0.1, 0.15) is 0 Å². The van der Waals surface area contributed by atoms with Crippen molar-refractivity contribution in [3.63, 3.8) is 0 Å². The first-order chi connectivity index (χ1) is 8.13. The number of rotatable bonds is 7. The Morgan fingerprint density at radius 1 is 1.29 bits per heavy atom. The van der Waals surface area contributed by atoms with Crippen LogP contribution in [0.5, 0.6) is 0 Å². The normalized spacial score (nSPS) is 10.2. The fraction of sp³-hybridized carbons (Fsp3) is 0.500. The molecule has 0 unspecified atom stereocenters. The van der Waals surface area contributed by atoms with E-state index in [9.17, 15) is 10.1 Å². The minimum absolute atomic E-state index is 0.138. The highest BCUT2D eigenvalue weighted by atomic mass is 16.6. The van der Waals surface area contributed by atoms with Crippen molar-refractivity contribution < 1.29 is 4.92 Å². The summed E-state index contributed by atoms with van der Waals surface area (Å²) in [5.74, 6) is 0. The second-order valence-corrected chi connectivity index (χ2v) is 3.95. The molecule has 0 spiro atoms. The molecule has 0 saturated carbocycles. The first kappa shape index (κ1) is 13.4. The third-order valence-electron chi connectivity index (χ3n) is 2.38. The van der Waals surface area contributed by atoms with Crippen LogP contribution < -0.4 is 10.6 Å². The molecule has 0 aliphatic heterocycles. The Kier molecular flexibility index (Phi) is 5.42. The van der Waals surface area contributed by atoms with Crippen LogP contribution in [0.15, 0.2) is 18.2 Å². The molecule has 0 aliphatic rings. The third kappa shape index (κ3) is 4.82. The SMILES string of the molecule is CCNCCCNc1cc(C)cc([N+](=O)[O-])c1. The molecule has 0 saturated heterocycles. The smallest absolute Gasteiger partial charge is 0.271 e. The predicted molar refractivity (Wildman–Crippen MR) is 69.5 cm³/mol. The van der Waals surface area contributed by atoms with Crippen LogP contribution in [-0.4, -0.2) is 24.6 Å². The minimum Gasteiger partial charge on any atom is -0.385 e. The molecule has 0 heterocycles. The Hall–Kier alpha value is -1.62. The quantitative estimate of drug-likeness (QED) is 0.434. The molecule has 17 heavy (non-hydrogen) atoms. The maximum absolute atomic E-state index is 10.7. The number of nitro groups is 1. The van der Waals surface area contributed by atoms with Gasteiger partial charge >= 0.3 is 0 Å². The van der Waals surface area contributed by atoms with Crippen molar-refractivity contribution in [2.45, 2.75) is 20.3 Å². The Morgan fingerprint density at radius 3 is 2.71 bits per heavy atom. The van der Waals surface area contributed by atoms with Crippen LogP contribution in [0.25, 0.3) is 0 Å². The third-order valence-corrected chi connectivity index (χ3v) is 2.38. The standard InChI is InChI=1S/C12H19N3O2/c1-3-13-5-4-6-14-11-7-10(2)8-12(9-11)15(16)17/h7-9,13-14H,3-6H2,1-2H3. The van der Waals surface area contributed by atoms with E-state index in [0.717, 1.165) is 37.3 Å². The summed E-state index contributed by atoms with van der Waals surface area (Å²) in [6.07, 6.45) is 0.996. The van der Waals surface area contributed by atoms with Gasteiger partial charge in [-0.1, -0.05) is 6.92 Å². The Bertz CT molecular complexity index is 380. The van der Waals surface area contributed by atoms with Gasteiger partial charge in [-0.2, -0.15) is 0 Å². The number of nitrogens with zero attached hydrogens (tertiary/aromatic N) is 1. The molecule has 1 aromatic rings. The van der Waals surface area contributed by atoms with Crippen LogP contribution >= 0.6 is 0 Å². The van der Waals surface area contributed by atoms with Crippen LogP contribution in [0.1, 0.15) is 18.9 Å². The minimum atomic E-state index is -0.364. The number of anilines is 1. The molecule has 0 bridgehead atoms. The summed E-state index contributed by atoms with van der Waals surface area (Å²) in [5, 5.41) is 17.1. The zero-order chi connectivity index (χ0) is 12.7. The summed E-state index contributed by atoms with van der Waals surface area (Å²) in [6, 6.07) is 5.06. The molecule has 1 rings (SSSR count). The van der Waals surface area contributed by atoms with Crippen LogP contribution in [0.3, 0.4) is 0 Å². The number of benzene rings is 1. The maximum Gasteiger partial charge on any atom is 0.271 e. The van der Waals surface area contributed by atoms with E-state index in [1.54, 1.807) is 12.1 Å². The molecule has 1 aromatic carbocycles. The zero-order valence-electron chi connectivity index (χ0n) is 10.3. The molecular weight excluding hydrogens is 218 g/mol. The van der Waals surface area contributed by atoms with Crippen molar-refractivity contribution in [1.82, 2.24) is 5.32 Å². The average Bonchev–Trinajstić information content (AvgIpc) is 2.28. The van der Waals surface area contributed by atoms with Gasteiger partial charge in [0, 0.05) is 24.4 Å². The molecule has 94 valence electrons. The fourth-order valence-electron chi connectivity index (χ4n) is 1.59. The zero-order valence-corrected chi connectivity index (χ0v) is 10.3. The van der Waals surface area contributed by atoms with Crippen LogP contribution in [0.2, 0.25) is 0 Å². The first-order valence-electron chi connectivity index (χ1n) is 5.84. The number of nitrogens with one attached hydrogen (secondary N) is 2. The summed E-state index contributed by atoms with van der Waals surface area (Å²) < 4.78 is 0. The number of nitro benzene ring substituents is 1. The van der Waals surface area contributed by atoms with Crippen molar-refractivity contribution in [1.29, 1.82) is 0 Å². The van der Waals surface area contributed by atoms with Gasteiger partial charge in [-0.25, -0.2) is 0 Å². The molecule has 0 aromatic heterocycles. The highest BCUT2D eigenvalue weighted by Crippen LogP contribution is 2.20. The fourth-order valence-corrected chi connectivity index (χ4v) is 1.59. The Labute approximate surface area is 101 Å². The van der Waals surface area contributed by atoms with E-state index in [-0.39, 0.29) is 10.6 Å². The lowest BCUT2D eigenvalue weighted by Gasteiger charge is -2.07. The summed E-state index contributed by atoms with van der Waals surface area (Å²) in [7, 11) is 0. The van der Waals surface area contributed by atoms with Gasteiger partial charge in [-0.3, -0.25) is 10.1 Å². The number of aryl methyl sites for hydroxylation is 1. The Balaban J connectivity index is 2.50. The topological polar surface area (TPSA) is 67.2 Å². The van der Waals surface area contributed by atoms with Gasteiger partial charge in [0.05, 0.1) is 4.92 Å². The second kappa shape index (κ2) is 6.85. The van der Waals surface area contributed by atoms with Gasteiger partial charge in [0.2, 0.25) is 0 Å². The van der Waals surface area contributed by atoms with Gasteiger partial charge in [-0.15, -0.1) is 0 Å². The van der Waals surface area contributed by atoms with Gasteiger partial charge in [0.15, 0.2) is 0 Å². The van der Waals surface area contributed by atoms with E-state index in [2.05, 4.69) is 17.6 Å². The Morgan fingerprint density at radius 2 is 2.06 bits per heavy atom. The van der Waals surface area contributed by atoms with E-state index in [0.29, 0.717) is 0 Å². The number of hydrogen-bond acceptors (Lipinski definition) is 4. The lowest BCUT2D eigenvalue weighted by molar-refractivity contribution is -0.384. The van der Waals surface area contributed by atoms with Gasteiger partial charge in [-0.05, 0) is 38.1 Å². The molecule has 5 heteroatoms. The number of non-ortho nitro benzene ring substituents is 1. The lowest BCUT2D eigenvalue weighted by Crippen LogP contribution is -2.17. The molecule has 0 aliphatic carbocycles. The van der Waals surface area contributed by atoms with Crippen LogP contribution in [0.4, 0.5) is 11.4 Å². The van der Waals surface area contributed by atoms with Gasteiger partial charge < -0.3 is 10.6 Å². The van der Waals surface area contributed by atoms with Crippen LogP contribution in [0, 0.1) is 17.0 Å². The van der Waals surface area contributed by atoms with Crippen molar-refractivity contribution in [3.05, 3.63) is 33.9 Å². The van der Waals surface area contributed by atoms with E-state index in [4.69, 9.17) is 0 Å². The predicted octanol–water partition coefficient (Wildman–Crippen LogP) is 2.31. The molecule has 0 amide bonds. The average molecular weight is 237 g/mol. The van der Waals surface area contributed by atoms with Crippen molar-refractivity contribution >= 4 is 11.4 Å². The summed E-state index contributed by atoms with van der Waals surface area (Å²) in [6.45, 7) is 6.66. The van der Waals surface area contributed by atoms with Crippen molar-refractivity contribution in [3.8, 4) is 0 Å². The van der Waals surface area contributed by atoms with E-state index < -0.39 is 0 Å². The maximum atomic E-state index is 10.7. The molecule has 0 radical (unpaired) electrons. The van der Waals surface area contributed by atoms with Crippen LogP contribution in [-0.2, 0) is 0 Å². The van der Waals surface area contributed by atoms with E-state index in [1.165, 1.54) is 0 Å². The molecule has 5 nitrogen and oxygen atoms in total. The summed E-state index contributed by atoms with van der Waals surface area (Å²) >= 11 is 0. The largest absolute Gasteiger partial charge is 0.385 e. The molecule has 0 fully saturated rings. The first-order valence-corrected chi connectivity index (χ1v) is 5.84. The molecular formula is C12H19N3O2. The highest BCUT2D eigenvalue weighted by Gasteiger charge is 2.07. The summed E-state index contributed by atoms with van der Waals surface area (Å²) in [4.78, 5) is 10.3. The van der Waals surface area contributed by atoms with Crippen molar-refractivity contribution in [2.75, 3.05) is 25.0 Å².